The lowest BCUT2D eigenvalue weighted by Gasteiger charge is -2.15. The third-order valence-corrected chi connectivity index (χ3v) is 6.85. The largest absolute Gasteiger partial charge is 0.453 e. The van der Waals surface area contributed by atoms with Crippen LogP contribution in [0, 0.1) is 0 Å². The first-order valence-electron chi connectivity index (χ1n) is 16.5. The molecule has 15 heteroatoms. The Balaban J connectivity index is 1.12. The maximum Gasteiger partial charge on any atom is 0.250 e. The van der Waals surface area contributed by atoms with Crippen LogP contribution in [0.2, 0.25) is 0 Å². The minimum absolute atomic E-state index is 0.107. The molecule has 4 amide bonds. The van der Waals surface area contributed by atoms with E-state index in [1.165, 1.54) is 14.2 Å². The van der Waals surface area contributed by atoms with E-state index in [-0.39, 0.29) is 64.7 Å². The zero-order valence-corrected chi connectivity index (χ0v) is 29.4. The summed E-state index contributed by atoms with van der Waals surface area (Å²) in [5.74, 6) is 0.0430. The number of amides is 4. The van der Waals surface area contributed by atoms with Gasteiger partial charge in [0, 0.05) is 14.2 Å². The SMILES string of the molecule is COCC(=O)Nc1ccccc1Oc1ccccc1NC(=O)COCCOCCOCC(=O)Nc1ccccc1Oc1ccccc1NC(=O)COC. The van der Waals surface area contributed by atoms with E-state index in [1.807, 2.05) is 0 Å². The number of carbonyl (C=O) groups is 4. The predicted octanol–water partition coefficient (Wildman–Crippen LogP) is 5.07. The number of hydrogen-bond donors (Lipinski definition) is 4. The molecular weight excluding hydrogens is 688 g/mol. The van der Waals surface area contributed by atoms with Crippen molar-refractivity contribution in [3.05, 3.63) is 97.1 Å². The molecule has 0 unspecified atom stereocenters. The third kappa shape index (κ3) is 14.0. The van der Waals surface area contributed by atoms with Crippen LogP contribution in [0.3, 0.4) is 0 Å². The Kier molecular flexibility index (Phi) is 16.7. The van der Waals surface area contributed by atoms with Crippen LogP contribution in [0.15, 0.2) is 97.1 Å². The van der Waals surface area contributed by atoms with Crippen molar-refractivity contribution in [3.63, 3.8) is 0 Å². The van der Waals surface area contributed by atoms with Crippen LogP contribution in [0.1, 0.15) is 0 Å². The topological polar surface area (TPSA) is 181 Å². The lowest BCUT2D eigenvalue weighted by atomic mass is 10.2. The summed E-state index contributed by atoms with van der Waals surface area (Å²) in [6, 6.07) is 27.6. The van der Waals surface area contributed by atoms with E-state index in [9.17, 15) is 19.2 Å². The number of hydrogen-bond acceptors (Lipinski definition) is 11. The summed E-state index contributed by atoms with van der Waals surface area (Å²) in [7, 11) is 2.86. The fourth-order valence-corrected chi connectivity index (χ4v) is 4.55. The van der Waals surface area contributed by atoms with Crippen LogP contribution in [-0.4, -0.2) is 90.7 Å². The predicted molar refractivity (Wildman–Crippen MR) is 197 cm³/mol. The van der Waals surface area contributed by atoms with Gasteiger partial charge in [-0.25, -0.2) is 0 Å². The van der Waals surface area contributed by atoms with Crippen molar-refractivity contribution >= 4 is 46.4 Å². The van der Waals surface area contributed by atoms with Crippen molar-refractivity contribution in [1.29, 1.82) is 0 Å². The number of benzene rings is 4. The molecule has 0 aliphatic carbocycles. The zero-order chi connectivity index (χ0) is 37.7. The van der Waals surface area contributed by atoms with Crippen molar-refractivity contribution in [3.8, 4) is 23.0 Å². The number of methoxy groups -OCH3 is 2. The van der Waals surface area contributed by atoms with Crippen molar-refractivity contribution in [2.24, 2.45) is 0 Å². The number of para-hydroxylation sites is 8. The van der Waals surface area contributed by atoms with Gasteiger partial charge in [0.25, 0.3) is 0 Å². The van der Waals surface area contributed by atoms with Gasteiger partial charge >= 0.3 is 0 Å². The first-order valence-corrected chi connectivity index (χ1v) is 16.5. The number of rotatable bonds is 22. The van der Waals surface area contributed by atoms with E-state index in [1.54, 1.807) is 97.1 Å². The highest BCUT2D eigenvalue weighted by Gasteiger charge is 2.14. The van der Waals surface area contributed by atoms with Gasteiger partial charge in [0.1, 0.15) is 26.4 Å². The molecule has 280 valence electrons. The van der Waals surface area contributed by atoms with Gasteiger partial charge in [0.2, 0.25) is 23.6 Å². The van der Waals surface area contributed by atoms with Gasteiger partial charge in [-0.05, 0) is 48.5 Å². The van der Waals surface area contributed by atoms with Gasteiger partial charge in [-0.2, -0.15) is 0 Å². The molecule has 0 spiro atoms. The average molecular weight is 731 g/mol. The number of nitrogens with one attached hydrogen (secondary N) is 4. The Morgan fingerprint density at radius 2 is 0.660 bits per heavy atom. The van der Waals surface area contributed by atoms with Crippen LogP contribution in [0.25, 0.3) is 0 Å². The molecule has 4 N–H and O–H groups in total. The zero-order valence-electron chi connectivity index (χ0n) is 29.4. The highest BCUT2D eigenvalue weighted by atomic mass is 16.5. The number of ether oxygens (including phenoxy) is 7. The summed E-state index contributed by atoms with van der Waals surface area (Å²) in [5.41, 5.74) is 1.74. The van der Waals surface area contributed by atoms with Gasteiger partial charge in [0.05, 0.1) is 49.2 Å². The summed E-state index contributed by atoms with van der Waals surface area (Å²) < 4.78 is 38.1. The van der Waals surface area contributed by atoms with E-state index in [0.29, 0.717) is 45.7 Å². The molecule has 0 heterocycles. The van der Waals surface area contributed by atoms with Crippen molar-refractivity contribution in [2.75, 3.05) is 88.3 Å². The quantitative estimate of drug-likeness (QED) is 0.0793. The van der Waals surface area contributed by atoms with Crippen LogP contribution >= 0.6 is 0 Å². The molecule has 0 bridgehead atoms. The van der Waals surface area contributed by atoms with Gasteiger partial charge in [-0.1, -0.05) is 48.5 Å². The highest BCUT2D eigenvalue weighted by Crippen LogP contribution is 2.35. The molecule has 4 aromatic carbocycles. The van der Waals surface area contributed by atoms with E-state index in [0.717, 1.165) is 0 Å². The molecule has 4 rings (SSSR count). The molecule has 0 saturated carbocycles. The van der Waals surface area contributed by atoms with Crippen molar-refractivity contribution < 1.29 is 52.3 Å². The van der Waals surface area contributed by atoms with Crippen molar-refractivity contribution in [2.45, 2.75) is 0 Å². The standard InChI is InChI=1S/C38H42N4O11/c1-47-23-35(43)39-27-11-3-7-15-31(27)52-33-17-9-5-13-29(33)41-37(45)25-50-21-19-49-20-22-51-26-38(46)42-30-14-6-10-18-34(30)53-32-16-8-4-12-28(32)40-36(44)24-48-2/h3-18H,19-26H2,1-2H3,(H,39,43)(H,40,44)(H,41,45)(H,42,46). The fourth-order valence-electron chi connectivity index (χ4n) is 4.55. The van der Waals surface area contributed by atoms with Gasteiger partial charge < -0.3 is 54.4 Å². The van der Waals surface area contributed by atoms with E-state index in [4.69, 9.17) is 33.2 Å². The van der Waals surface area contributed by atoms with Gasteiger partial charge in [-0.15, -0.1) is 0 Å². The molecule has 0 atom stereocenters. The molecule has 0 aliphatic heterocycles. The summed E-state index contributed by atoms with van der Waals surface area (Å²) in [6.45, 7) is 0.0370. The average Bonchev–Trinajstić information content (AvgIpc) is 3.14. The second kappa shape index (κ2) is 22.2. The van der Waals surface area contributed by atoms with Crippen LogP contribution in [0.4, 0.5) is 22.7 Å². The van der Waals surface area contributed by atoms with E-state index in [2.05, 4.69) is 21.3 Å². The maximum absolute atomic E-state index is 12.6. The molecule has 0 aromatic heterocycles. The fraction of sp³-hybridized carbons (Fsp3) is 0.263. The number of carbonyl (C=O) groups excluding carboxylic acids is 4. The second-order valence-corrected chi connectivity index (χ2v) is 11.0. The molecule has 0 aliphatic rings. The summed E-state index contributed by atoms with van der Waals surface area (Å²) >= 11 is 0. The molecule has 0 radical (unpaired) electrons. The summed E-state index contributed by atoms with van der Waals surface area (Å²) in [6.07, 6.45) is 0. The van der Waals surface area contributed by atoms with Crippen LogP contribution in [-0.2, 0) is 42.9 Å². The maximum atomic E-state index is 12.6. The third-order valence-electron chi connectivity index (χ3n) is 6.85. The van der Waals surface area contributed by atoms with Crippen molar-refractivity contribution in [1.82, 2.24) is 0 Å². The molecule has 15 nitrogen and oxygen atoms in total. The Morgan fingerprint density at radius 3 is 0.962 bits per heavy atom. The summed E-state index contributed by atoms with van der Waals surface area (Å²) in [4.78, 5) is 49.2. The minimum atomic E-state index is -0.401. The Bertz CT molecular complexity index is 1670. The normalized spacial score (nSPS) is 10.6. The molecular formula is C38H42N4O11. The monoisotopic (exact) mass is 730 g/mol. The minimum Gasteiger partial charge on any atom is -0.453 e. The number of anilines is 4. The Morgan fingerprint density at radius 1 is 0.396 bits per heavy atom. The van der Waals surface area contributed by atoms with E-state index >= 15 is 0 Å². The Hall–Kier alpha value is -5.84. The first-order chi connectivity index (χ1) is 25.9. The van der Waals surface area contributed by atoms with Gasteiger partial charge in [0.15, 0.2) is 23.0 Å². The lowest BCUT2D eigenvalue weighted by Crippen LogP contribution is -2.21. The van der Waals surface area contributed by atoms with E-state index < -0.39 is 11.8 Å². The smallest absolute Gasteiger partial charge is 0.250 e. The highest BCUT2D eigenvalue weighted by molar-refractivity contribution is 5.95. The molecule has 0 fully saturated rings. The van der Waals surface area contributed by atoms with Crippen LogP contribution < -0.4 is 30.7 Å². The second-order valence-electron chi connectivity index (χ2n) is 11.0. The molecule has 0 saturated heterocycles. The first kappa shape index (κ1) is 39.9. The van der Waals surface area contributed by atoms with Crippen LogP contribution in [0.5, 0.6) is 23.0 Å². The lowest BCUT2D eigenvalue weighted by molar-refractivity contribution is -0.122. The Labute approximate surface area is 306 Å². The summed E-state index contributed by atoms with van der Waals surface area (Å²) in [5, 5.41) is 11.0. The molecule has 53 heavy (non-hydrogen) atoms. The van der Waals surface area contributed by atoms with Gasteiger partial charge in [-0.3, -0.25) is 19.2 Å². The molecule has 4 aromatic rings.